The molecule has 2 fully saturated rings. The van der Waals surface area contributed by atoms with Crippen LogP contribution in [0.5, 0.6) is 0 Å². The molecule has 1 aliphatic heterocycles. The highest BCUT2D eigenvalue weighted by atomic mass is 19.1. The largest absolute Gasteiger partial charge is 0.304 e. The molecule has 2 aliphatic rings. The minimum atomic E-state index is -1.23. The van der Waals surface area contributed by atoms with Gasteiger partial charge < -0.3 is 0 Å². The van der Waals surface area contributed by atoms with Gasteiger partial charge in [0.2, 0.25) is 11.8 Å². The van der Waals surface area contributed by atoms with Gasteiger partial charge in [0, 0.05) is 24.8 Å². The first kappa shape index (κ1) is 13.2. The fourth-order valence-corrected chi connectivity index (χ4v) is 2.87. The molecule has 0 N–H and O–H groups in total. The maximum absolute atomic E-state index is 12.5. The monoisotopic (exact) mass is 255 g/mol. The molecule has 1 atom stereocenters. The fraction of sp³-hybridized carbons (Fsp3) is 0.769. The van der Waals surface area contributed by atoms with Gasteiger partial charge in [0.25, 0.3) is 0 Å². The average molecular weight is 255 g/mol. The summed E-state index contributed by atoms with van der Waals surface area (Å²) < 4.78 is 12.5. The molecule has 2 rings (SSSR count). The van der Waals surface area contributed by atoms with Crippen LogP contribution < -0.4 is 0 Å². The van der Waals surface area contributed by atoms with E-state index in [2.05, 4.69) is 0 Å². The van der Waals surface area contributed by atoms with Gasteiger partial charge >= 0.3 is 6.04 Å². The molecule has 1 unspecified atom stereocenters. The molecular formula is C13H18FNO3. The van der Waals surface area contributed by atoms with E-state index in [0.29, 0.717) is 38.6 Å². The second kappa shape index (κ2) is 5.16. The first-order valence-corrected chi connectivity index (χ1v) is 6.52. The minimum absolute atomic E-state index is 0.0938. The average Bonchev–Trinajstić information content (AvgIpc) is 2.57. The second-order valence-corrected chi connectivity index (χ2v) is 5.47. The first-order valence-electron chi connectivity index (χ1n) is 6.52. The number of rotatable bonds is 3. The Morgan fingerprint density at radius 2 is 1.89 bits per heavy atom. The molecule has 0 aromatic carbocycles. The van der Waals surface area contributed by atoms with Crippen LogP contribution in [0.15, 0.2) is 0 Å². The third-order valence-electron chi connectivity index (χ3n) is 4.08. The number of carbonyl (C=O) groups excluding carboxylic acids is 3. The summed E-state index contributed by atoms with van der Waals surface area (Å²) in [6.45, 7) is 2.20. The van der Waals surface area contributed by atoms with Crippen LogP contribution in [-0.4, -0.2) is 29.3 Å². The molecule has 0 radical (unpaired) electrons. The molecule has 0 spiro atoms. The van der Waals surface area contributed by atoms with Crippen LogP contribution >= 0.6 is 0 Å². The molecule has 0 bridgehead atoms. The summed E-state index contributed by atoms with van der Waals surface area (Å²) in [6, 6.07) is -1.23. The highest BCUT2D eigenvalue weighted by Gasteiger charge is 2.37. The molecule has 1 aliphatic carbocycles. The number of carbonyl (C=O) groups is 3. The van der Waals surface area contributed by atoms with Crippen molar-refractivity contribution in [2.24, 2.45) is 17.8 Å². The second-order valence-electron chi connectivity index (χ2n) is 5.47. The SMILES string of the molecule is CC1CC(=O)N(CC2CCC(C(=O)F)CC2)C1=O. The van der Waals surface area contributed by atoms with E-state index in [4.69, 9.17) is 0 Å². The van der Waals surface area contributed by atoms with E-state index in [-0.39, 0.29) is 23.7 Å². The van der Waals surface area contributed by atoms with E-state index in [1.165, 1.54) is 4.90 Å². The van der Waals surface area contributed by atoms with Gasteiger partial charge in [-0.3, -0.25) is 19.3 Å². The lowest BCUT2D eigenvalue weighted by molar-refractivity contribution is -0.141. The molecule has 1 saturated heterocycles. The minimum Gasteiger partial charge on any atom is -0.282 e. The summed E-state index contributed by atoms with van der Waals surface area (Å²) in [5.41, 5.74) is 0. The highest BCUT2D eigenvalue weighted by Crippen LogP contribution is 2.31. The van der Waals surface area contributed by atoms with Crippen molar-refractivity contribution in [2.45, 2.75) is 39.0 Å². The quantitative estimate of drug-likeness (QED) is 0.569. The van der Waals surface area contributed by atoms with Gasteiger partial charge in [-0.2, -0.15) is 4.39 Å². The van der Waals surface area contributed by atoms with Crippen molar-refractivity contribution in [3.05, 3.63) is 0 Å². The first-order chi connectivity index (χ1) is 8.49. The number of hydrogen-bond acceptors (Lipinski definition) is 3. The van der Waals surface area contributed by atoms with Gasteiger partial charge in [-0.1, -0.05) is 6.92 Å². The number of hydrogen-bond donors (Lipinski definition) is 0. The zero-order chi connectivity index (χ0) is 13.3. The Bertz CT molecular complexity index is 374. The lowest BCUT2D eigenvalue weighted by atomic mass is 9.82. The molecule has 0 aromatic rings. The molecule has 1 heterocycles. The molecule has 4 nitrogen and oxygen atoms in total. The zero-order valence-electron chi connectivity index (χ0n) is 10.5. The maximum Gasteiger partial charge on any atom is 0.304 e. The number of halogens is 1. The van der Waals surface area contributed by atoms with Crippen molar-refractivity contribution in [3.8, 4) is 0 Å². The van der Waals surface area contributed by atoms with Gasteiger partial charge in [0.1, 0.15) is 0 Å². The standard InChI is InChI=1S/C13H18FNO3/c1-8-6-11(16)15(13(8)18)7-9-2-4-10(5-3-9)12(14)17/h8-10H,2-7H2,1H3. The molecule has 100 valence electrons. The third kappa shape index (κ3) is 2.60. The molecule has 0 aromatic heterocycles. The number of likely N-dealkylation sites (tertiary alicyclic amines) is 1. The van der Waals surface area contributed by atoms with Crippen molar-refractivity contribution in [1.29, 1.82) is 0 Å². The van der Waals surface area contributed by atoms with Crippen molar-refractivity contribution in [1.82, 2.24) is 4.90 Å². The Morgan fingerprint density at radius 1 is 1.28 bits per heavy atom. The summed E-state index contributed by atoms with van der Waals surface area (Å²) in [5.74, 6) is -0.648. The van der Waals surface area contributed by atoms with Gasteiger partial charge in [-0.25, -0.2) is 0 Å². The van der Waals surface area contributed by atoms with E-state index in [9.17, 15) is 18.8 Å². The number of amides is 2. The summed E-state index contributed by atoms with van der Waals surface area (Å²) in [7, 11) is 0. The Balaban J connectivity index is 1.87. The Hall–Kier alpha value is -1.26. The summed E-state index contributed by atoms with van der Waals surface area (Å²) in [5, 5.41) is 0. The van der Waals surface area contributed by atoms with E-state index >= 15 is 0 Å². The predicted octanol–water partition coefficient (Wildman–Crippen LogP) is 1.68. The van der Waals surface area contributed by atoms with Crippen LogP contribution in [-0.2, 0) is 14.4 Å². The molecule has 18 heavy (non-hydrogen) atoms. The number of imide groups is 1. The normalized spacial score (nSPS) is 33.0. The highest BCUT2D eigenvalue weighted by molar-refractivity contribution is 6.03. The third-order valence-corrected chi connectivity index (χ3v) is 4.08. The van der Waals surface area contributed by atoms with E-state index < -0.39 is 12.0 Å². The Morgan fingerprint density at radius 3 is 2.33 bits per heavy atom. The van der Waals surface area contributed by atoms with Gasteiger partial charge in [0.05, 0.1) is 0 Å². The Labute approximate surface area is 106 Å². The molecule has 5 heteroatoms. The molecular weight excluding hydrogens is 237 g/mol. The van der Waals surface area contributed by atoms with E-state index in [1.54, 1.807) is 6.92 Å². The van der Waals surface area contributed by atoms with Crippen LogP contribution in [0.3, 0.4) is 0 Å². The summed E-state index contributed by atoms with van der Waals surface area (Å²) in [4.78, 5) is 35.3. The van der Waals surface area contributed by atoms with Gasteiger partial charge in [-0.05, 0) is 31.6 Å². The van der Waals surface area contributed by atoms with Crippen LogP contribution in [0.25, 0.3) is 0 Å². The van der Waals surface area contributed by atoms with Crippen molar-refractivity contribution >= 4 is 17.9 Å². The molecule has 2 amide bonds. The number of nitrogens with zero attached hydrogens (tertiary/aromatic N) is 1. The summed E-state index contributed by atoms with van der Waals surface area (Å²) in [6.07, 6.45) is 2.80. The fourth-order valence-electron chi connectivity index (χ4n) is 2.87. The van der Waals surface area contributed by atoms with E-state index in [1.807, 2.05) is 0 Å². The zero-order valence-corrected chi connectivity index (χ0v) is 10.5. The van der Waals surface area contributed by atoms with Crippen LogP contribution in [0.4, 0.5) is 4.39 Å². The van der Waals surface area contributed by atoms with Crippen LogP contribution in [0.2, 0.25) is 0 Å². The lowest BCUT2D eigenvalue weighted by Gasteiger charge is -2.28. The topological polar surface area (TPSA) is 54.5 Å². The maximum atomic E-state index is 12.5. The smallest absolute Gasteiger partial charge is 0.282 e. The molecule has 1 saturated carbocycles. The van der Waals surface area contributed by atoms with Crippen molar-refractivity contribution in [3.63, 3.8) is 0 Å². The van der Waals surface area contributed by atoms with Crippen molar-refractivity contribution < 1.29 is 18.8 Å². The Kier molecular flexibility index (Phi) is 3.78. The van der Waals surface area contributed by atoms with Crippen molar-refractivity contribution in [2.75, 3.05) is 6.54 Å². The van der Waals surface area contributed by atoms with Crippen LogP contribution in [0, 0.1) is 17.8 Å². The van der Waals surface area contributed by atoms with Gasteiger partial charge in [0.15, 0.2) is 0 Å². The lowest BCUT2D eigenvalue weighted by Crippen LogP contribution is -2.36. The van der Waals surface area contributed by atoms with Gasteiger partial charge in [-0.15, -0.1) is 0 Å². The van der Waals surface area contributed by atoms with E-state index in [0.717, 1.165) is 0 Å². The van der Waals surface area contributed by atoms with Crippen LogP contribution in [0.1, 0.15) is 39.0 Å². The predicted molar refractivity (Wildman–Crippen MR) is 62.1 cm³/mol. The summed E-state index contributed by atoms with van der Waals surface area (Å²) >= 11 is 0.